The van der Waals surface area contributed by atoms with Gasteiger partial charge in [0.2, 0.25) is 0 Å². The van der Waals surface area contributed by atoms with Crippen molar-refractivity contribution in [3.8, 4) is 0 Å². The van der Waals surface area contributed by atoms with Crippen molar-refractivity contribution >= 4 is 0 Å². The molecule has 0 saturated carbocycles. The largest absolute Gasteiger partial charge is 0.0776 e. The Hall–Kier alpha value is 0. The summed E-state index contributed by atoms with van der Waals surface area (Å²) in [6.07, 6.45) is 5.00. The van der Waals surface area contributed by atoms with Crippen molar-refractivity contribution in [2.45, 2.75) is 102 Å². The van der Waals surface area contributed by atoms with Gasteiger partial charge in [-0.05, 0) is 0 Å². The first-order valence-corrected chi connectivity index (χ1v) is 6.66. The molecule has 0 N–H and O–H groups in total. The molecule has 0 radical (unpaired) electrons. The molecule has 0 fully saturated rings. The second-order valence-corrected chi connectivity index (χ2v) is 2.83. The van der Waals surface area contributed by atoms with Crippen molar-refractivity contribution in [3.05, 3.63) is 0 Å². The predicted octanol–water partition coefficient (Wildman–Crippen LogP) is 7.33. The number of rotatable bonds is 0. The Morgan fingerprint density at radius 3 is 0.400 bits per heavy atom. The Balaban J connectivity index is -0.0000000167. The molecule has 102 valence electrons. The number of hydrogen-bond acceptors (Lipinski definition) is 0. The molecular formula is C15H42. The maximum absolute atomic E-state index is 2.12. The van der Waals surface area contributed by atoms with E-state index in [1.807, 2.05) is 13.8 Å². The third-order valence-corrected chi connectivity index (χ3v) is 0. The van der Waals surface area contributed by atoms with Crippen molar-refractivity contribution in [2.24, 2.45) is 0 Å². The monoisotopic (exact) mass is 222 g/mol. The third-order valence-electron chi connectivity index (χ3n) is 0. The van der Waals surface area contributed by atoms with Crippen molar-refractivity contribution < 1.29 is 0 Å². The van der Waals surface area contributed by atoms with Crippen LogP contribution in [0, 0.1) is 0 Å². The summed E-state index contributed by atoms with van der Waals surface area (Å²) in [5.41, 5.74) is 0. The first kappa shape index (κ1) is 36.3. The molecule has 0 aromatic rings. The summed E-state index contributed by atoms with van der Waals surface area (Å²) in [6, 6.07) is 0. The average molecular weight is 223 g/mol. The van der Waals surface area contributed by atoms with E-state index in [-0.39, 0.29) is 7.43 Å². The summed E-state index contributed by atoms with van der Waals surface area (Å²) in [4.78, 5) is 0. The van der Waals surface area contributed by atoms with Crippen molar-refractivity contribution in [1.82, 2.24) is 0 Å². The summed E-state index contributed by atoms with van der Waals surface area (Å²) < 4.78 is 0. The van der Waals surface area contributed by atoms with Crippen LogP contribution in [0.4, 0.5) is 0 Å². The maximum atomic E-state index is 2.12. The molecule has 0 bridgehead atoms. The van der Waals surface area contributed by atoms with Crippen LogP contribution in [0.2, 0.25) is 0 Å². The topological polar surface area (TPSA) is 0 Å². The first-order valence-electron chi connectivity index (χ1n) is 6.66. The third kappa shape index (κ3) is 0. The van der Waals surface area contributed by atoms with Crippen molar-refractivity contribution in [3.63, 3.8) is 0 Å². The van der Waals surface area contributed by atoms with Crippen LogP contribution in [0.15, 0.2) is 0 Å². The molecule has 0 aliphatic rings. The molecule has 0 unspecified atom stereocenters. The molecule has 0 heterocycles. The summed E-state index contributed by atoms with van der Waals surface area (Å²) in [7, 11) is 0. The molecule has 0 amide bonds. The molecule has 15 heavy (non-hydrogen) atoms. The molecule has 0 aliphatic carbocycles. The standard InChI is InChI=1S/4C3H8.C2H6.CH4/c4*1-3-2;1-2;/h4*3H2,1-2H3;1-2H3;1H4. The molecule has 0 saturated heterocycles. The van der Waals surface area contributed by atoms with E-state index in [1.54, 1.807) is 0 Å². The van der Waals surface area contributed by atoms with Gasteiger partial charge < -0.3 is 0 Å². The Morgan fingerprint density at radius 1 is 0.400 bits per heavy atom. The lowest BCUT2D eigenvalue weighted by Crippen LogP contribution is -1.27. The average Bonchev–Trinajstić information content (AvgIpc) is 2.12. The van der Waals surface area contributed by atoms with Crippen LogP contribution < -0.4 is 0 Å². The number of hydrogen-bond donors (Lipinski definition) is 0. The Kier molecular flexibility index (Phi) is 358. The van der Waals surface area contributed by atoms with Gasteiger partial charge in [0, 0.05) is 0 Å². The summed E-state index contributed by atoms with van der Waals surface area (Å²) in [5, 5.41) is 0. The molecule has 0 rings (SSSR count). The zero-order chi connectivity index (χ0) is 12.8. The van der Waals surface area contributed by atoms with Crippen LogP contribution in [0.3, 0.4) is 0 Å². The lowest BCUT2D eigenvalue weighted by molar-refractivity contribution is 1.09. The Morgan fingerprint density at radius 2 is 0.400 bits per heavy atom. The SMILES string of the molecule is C.CC.CCC.CCC.CCC.CCC. The highest BCUT2D eigenvalue weighted by Crippen LogP contribution is 1.57. The van der Waals surface area contributed by atoms with E-state index < -0.39 is 0 Å². The van der Waals surface area contributed by atoms with Gasteiger partial charge in [0.15, 0.2) is 0 Å². The van der Waals surface area contributed by atoms with Crippen molar-refractivity contribution in [1.29, 1.82) is 0 Å². The quantitative estimate of drug-likeness (QED) is 0.402. The lowest BCUT2D eigenvalue weighted by Gasteiger charge is -1.48. The van der Waals surface area contributed by atoms with Crippen LogP contribution in [-0.4, -0.2) is 0 Å². The molecular weight excluding hydrogens is 180 g/mol. The minimum Gasteiger partial charge on any atom is -0.0776 e. The molecule has 0 aromatic heterocycles. The van der Waals surface area contributed by atoms with Gasteiger partial charge in [0.05, 0.1) is 0 Å². The van der Waals surface area contributed by atoms with E-state index in [0.29, 0.717) is 0 Å². The van der Waals surface area contributed by atoms with Gasteiger partial charge in [0.25, 0.3) is 0 Å². The maximum Gasteiger partial charge on any atom is -0.0590 e. The van der Waals surface area contributed by atoms with E-state index in [2.05, 4.69) is 55.4 Å². The van der Waals surface area contributed by atoms with Gasteiger partial charge in [0.1, 0.15) is 0 Å². The van der Waals surface area contributed by atoms with Crippen LogP contribution >= 0.6 is 0 Å². The minimum atomic E-state index is 0. The Labute approximate surface area is 103 Å². The van der Waals surface area contributed by atoms with Crippen LogP contribution in [0.5, 0.6) is 0 Å². The van der Waals surface area contributed by atoms with Gasteiger partial charge >= 0.3 is 0 Å². The second kappa shape index (κ2) is 148. The van der Waals surface area contributed by atoms with Gasteiger partial charge in [-0.3, -0.25) is 0 Å². The van der Waals surface area contributed by atoms with Gasteiger partial charge in [-0.25, -0.2) is 0 Å². The highest BCUT2D eigenvalue weighted by molar-refractivity contribution is 3.93. The zero-order valence-electron chi connectivity index (χ0n) is 12.8. The van der Waals surface area contributed by atoms with E-state index in [4.69, 9.17) is 0 Å². The highest BCUT2D eigenvalue weighted by atomic mass is 13.4. The fraction of sp³-hybridized carbons (Fsp3) is 1.00. The fourth-order valence-electron chi connectivity index (χ4n) is 0. The normalized spacial score (nSPS) is 5.20. The van der Waals surface area contributed by atoms with E-state index in [1.165, 1.54) is 25.7 Å². The summed E-state index contributed by atoms with van der Waals surface area (Å²) in [5.74, 6) is 0. The zero-order valence-corrected chi connectivity index (χ0v) is 12.8. The second-order valence-electron chi connectivity index (χ2n) is 2.83. The van der Waals surface area contributed by atoms with E-state index in [0.717, 1.165) is 0 Å². The van der Waals surface area contributed by atoms with Crippen LogP contribution in [0.25, 0.3) is 0 Å². The van der Waals surface area contributed by atoms with Gasteiger partial charge in [-0.1, -0.05) is 102 Å². The minimum absolute atomic E-state index is 0. The lowest BCUT2D eigenvalue weighted by atomic mass is 10.6. The summed E-state index contributed by atoms with van der Waals surface area (Å²) in [6.45, 7) is 21.0. The molecule has 0 nitrogen and oxygen atoms in total. The van der Waals surface area contributed by atoms with Gasteiger partial charge in [-0.2, -0.15) is 0 Å². The van der Waals surface area contributed by atoms with Crippen LogP contribution in [-0.2, 0) is 0 Å². The van der Waals surface area contributed by atoms with E-state index in [9.17, 15) is 0 Å². The smallest absolute Gasteiger partial charge is 0.0590 e. The first-order chi connectivity index (χ1) is 6.66. The van der Waals surface area contributed by atoms with Gasteiger partial charge in [-0.15, -0.1) is 0 Å². The van der Waals surface area contributed by atoms with Crippen LogP contribution in [0.1, 0.15) is 102 Å². The molecule has 0 atom stereocenters. The molecule has 0 heteroatoms. The summed E-state index contributed by atoms with van der Waals surface area (Å²) >= 11 is 0. The highest BCUT2D eigenvalue weighted by Gasteiger charge is 1.36. The molecule has 0 spiro atoms. The Bertz CT molecular complexity index is 8.00. The fourth-order valence-corrected chi connectivity index (χ4v) is 0. The predicted molar refractivity (Wildman–Crippen MR) is 81.9 cm³/mol. The van der Waals surface area contributed by atoms with E-state index >= 15 is 0 Å². The van der Waals surface area contributed by atoms with Crippen molar-refractivity contribution in [2.75, 3.05) is 0 Å². The molecule has 0 aliphatic heterocycles. The molecule has 0 aromatic carbocycles.